The van der Waals surface area contributed by atoms with Gasteiger partial charge < -0.3 is 21.9 Å². The topological polar surface area (TPSA) is 55.6 Å². The highest BCUT2D eigenvalue weighted by atomic mass is 35.5. The van der Waals surface area contributed by atoms with Gasteiger partial charge in [-0.1, -0.05) is 19.9 Å². The van der Waals surface area contributed by atoms with Crippen LogP contribution in [0.15, 0.2) is 12.2 Å². The Morgan fingerprint density at radius 3 is 2.59 bits per heavy atom. The van der Waals surface area contributed by atoms with Gasteiger partial charge in [-0.25, -0.2) is 4.58 Å². The fourth-order valence-corrected chi connectivity index (χ4v) is 9.01. The first-order valence-corrected chi connectivity index (χ1v) is 12.3. The Bertz CT molecular complexity index is 855. The summed E-state index contributed by atoms with van der Waals surface area (Å²) in [7, 11) is 0. The molecule has 0 N–H and O–H groups in total. The number of hydrogen-bond acceptors (Lipinski definition) is 4. The molecule has 32 heavy (non-hydrogen) atoms. The van der Waals surface area contributed by atoms with E-state index in [0.717, 1.165) is 25.9 Å². The van der Waals surface area contributed by atoms with E-state index in [1.165, 1.54) is 51.0 Å². The van der Waals surface area contributed by atoms with Crippen molar-refractivity contribution in [3.8, 4) is 0 Å². The molecule has 7 atom stereocenters. The largest absolute Gasteiger partial charge is 1.00 e. The van der Waals surface area contributed by atoms with Crippen LogP contribution in [0.2, 0.25) is 0 Å². The van der Waals surface area contributed by atoms with Crippen LogP contribution in [-0.4, -0.2) is 48.5 Å². The van der Waals surface area contributed by atoms with Gasteiger partial charge in [-0.05, 0) is 68.3 Å². The molecule has 178 valence electrons. The maximum absolute atomic E-state index is 12.1. The summed E-state index contributed by atoms with van der Waals surface area (Å²) in [5.41, 5.74) is 1.68. The molecule has 5 fully saturated rings. The number of nitrogens with zero attached hydrogens (tertiary/aromatic N) is 1. The molecule has 1 spiro atoms. The Balaban J connectivity index is 0.00000245. The minimum absolute atomic E-state index is 0. The number of carbonyl (C=O) groups is 2. The molecule has 0 aromatic rings. The Hall–Kier alpha value is -1.36. The lowest BCUT2D eigenvalue weighted by Crippen LogP contribution is -3.00. The fraction of sp³-hybridized carbons (Fsp3) is 0.808. The predicted molar refractivity (Wildman–Crippen MR) is 118 cm³/mol. The number of halogens is 1. The summed E-state index contributed by atoms with van der Waals surface area (Å²) in [5.74, 6) is 1.34. The lowest BCUT2D eigenvalue weighted by atomic mass is 9.35. The average molecular weight is 464 g/mol. The zero-order chi connectivity index (χ0) is 22.0. The summed E-state index contributed by atoms with van der Waals surface area (Å²) in [5, 5.41) is 0. The van der Waals surface area contributed by atoms with Gasteiger partial charge in [0, 0.05) is 24.7 Å². The van der Waals surface area contributed by atoms with Crippen molar-refractivity contribution in [3.63, 3.8) is 0 Å². The minimum Gasteiger partial charge on any atom is -1.00 e. The molecule has 5 nitrogen and oxygen atoms in total. The first-order valence-electron chi connectivity index (χ1n) is 12.3. The third kappa shape index (κ3) is 3.36. The van der Waals surface area contributed by atoms with Crippen molar-refractivity contribution in [2.24, 2.45) is 34.0 Å². The third-order valence-corrected chi connectivity index (χ3v) is 9.91. The van der Waals surface area contributed by atoms with Crippen LogP contribution in [-0.2, 0) is 19.1 Å². The molecular formula is C26H38ClNO4. The molecule has 5 saturated carbocycles. The monoisotopic (exact) mass is 463 g/mol. The first-order chi connectivity index (χ1) is 14.7. The molecule has 0 aromatic carbocycles. The smallest absolute Gasteiger partial charge is 0.303 e. The van der Waals surface area contributed by atoms with Gasteiger partial charge in [0.2, 0.25) is 0 Å². The van der Waals surface area contributed by atoms with Crippen LogP contribution in [0.5, 0.6) is 0 Å². The predicted octanol–water partition coefficient (Wildman–Crippen LogP) is 1.14. The maximum Gasteiger partial charge on any atom is 0.303 e. The van der Waals surface area contributed by atoms with Crippen LogP contribution in [0, 0.1) is 34.0 Å². The van der Waals surface area contributed by atoms with E-state index in [1.807, 2.05) is 0 Å². The molecule has 0 aromatic heterocycles. The van der Waals surface area contributed by atoms with Gasteiger partial charge in [-0.2, -0.15) is 0 Å². The third-order valence-electron chi connectivity index (χ3n) is 9.91. The lowest BCUT2D eigenvalue weighted by molar-refractivity contribution is -0.559. The fourth-order valence-electron chi connectivity index (χ4n) is 9.01. The molecule has 1 unspecified atom stereocenters. The van der Waals surface area contributed by atoms with Gasteiger partial charge in [0.05, 0.1) is 5.41 Å². The van der Waals surface area contributed by atoms with Crippen molar-refractivity contribution in [3.05, 3.63) is 12.2 Å². The van der Waals surface area contributed by atoms with E-state index >= 15 is 0 Å². The number of fused-ring (bicyclic) bond motifs is 2. The normalized spacial score (nSPS) is 43.8. The zero-order valence-electron chi connectivity index (χ0n) is 19.8. The van der Waals surface area contributed by atoms with Gasteiger partial charge in [-0.3, -0.25) is 9.59 Å². The molecule has 0 radical (unpaired) electrons. The van der Waals surface area contributed by atoms with Gasteiger partial charge in [0.15, 0.2) is 6.54 Å². The van der Waals surface area contributed by atoms with Crippen LogP contribution in [0.1, 0.15) is 72.1 Å². The lowest BCUT2D eigenvalue weighted by Gasteiger charge is -2.69. The van der Waals surface area contributed by atoms with Crippen molar-refractivity contribution in [2.75, 3.05) is 19.7 Å². The van der Waals surface area contributed by atoms with Gasteiger partial charge in [0.25, 0.3) is 0 Å². The summed E-state index contributed by atoms with van der Waals surface area (Å²) in [6, 6.07) is 0. The standard InChI is InChI=1S/C26H38NO4.ClH/c1-17-20-6-10-25(23(17)31-19(3)29)11-7-21-24(4)8-5-9-26(21,22(25)14-20)16-27(15-24)12-13-30-18(2)28;/h16,20-23H,1,5-15H2,2-4H3;1H/q+1;/p-1/t20?,21-,22-,23-,24+,25+,26+;/m1./s1. The molecular weight excluding hydrogens is 426 g/mol. The molecule has 0 saturated heterocycles. The Labute approximate surface area is 198 Å². The van der Waals surface area contributed by atoms with E-state index in [1.54, 1.807) is 6.92 Å². The molecule has 1 heterocycles. The van der Waals surface area contributed by atoms with E-state index in [-0.39, 0.29) is 41.3 Å². The number of rotatable bonds is 4. The van der Waals surface area contributed by atoms with Crippen molar-refractivity contribution >= 4 is 18.2 Å². The van der Waals surface area contributed by atoms with E-state index in [4.69, 9.17) is 9.47 Å². The van der Waals surface area contributed by atoms with Crippen LogP contribution >= 0.6 is 0 Å². The molecule has 6 aliphatic rings. The average Bonchev–Trinajstić information content (AvgIpc) is 2.69. The number of carbonyl (C=O) groups excluding carboxylic acids is 2. The van der Waals surface area contributed by atoms with E-state index < -0.39 is 0 Å². The Kier molecular flexibility index (Phi) is 6.05. The zero-order valence-corrected chi connectivity index (χ0v) is 20.6. The van der Waals surface area contributed by atoms with Gasteiger partial charge in [0.1, 0.15) is 25.5 Å². The Morgan fingerprint density at radius 1 is 1.12 bits per heavy atom. The molecule has 1 aliphatic heterocycles. The maximum atomic E-state index is 12.1. The summed E-state index contributed by atoms with van der Waals surface area (Å²) in [6.45, 7) is 12.2. The van der Waals surface area contributed by atoms with Crippen LogP contribution in [0.3, 0.4) is 0 Å². The van der Waals surface area contributed by atoms with Gasteiger partial charge >= 0.3 is 11.9 Å². The number of ether oxygens (including phenoxy) is 2. The molecule has 0 amide bonds. The second-order valence-electron chi connectivity index (χ2n) is 11.5. The van der Waals surface area contributed by atoms with Crippen LogP contribution in [0.4, 0.5) is 0 Å². The SMILES string of the molecule is C=C1C2CC[C@@]3(CC[C@@H]4[C@@]5(C)CCC[C@@]4(C=[N+](CCOC(C)=O)C5)[C@@H]3C2)[C@@H]1OC(C)=O.[Cl-]. The highest BCUT2D eigenvalue weighted by molar-refractivity contribution is 5.68. The van der Waals surface area contributed by atoms with Crippen molar-refractivity contribution in [2.45, 2.75) is 78.2 Å². The first kappa shape index (κ1) is 23.8. The summed E-state index contributed by atoms with van der Waals surface area (Å²) in [4.78, 5) is 23.4. The molecule has 6 rings (SSSR count). The van der Waals surface area contributed by atoms with Crippen LogP contribution in [0.25, 0.3) is 0 Å². The van der Waals surface area contributed by atoms with E-state index in [2.05, 4.69) is 24.3 Å². The number of hydrogen-bond donors (Lipinski definition) is 0. The summed E-state index contributed by atoms with van der Waals surface area (Å²) >= 11 is 0. The second kappa shape index (κ2) is 8.14. The molecule has 5 aliphatic carbocycles. The molecule has 4 bridgehead atoms. The minimum atomic E-state index is -0.205. The van der Waals surface area contributed by atoms with Gasteiger partial charge in [-0.15, -0.1) is 0 Å². The molecule has 6 heteroatoms. The van der Waals surface area contributed by atoms with E-state index in [9.17, 15) is 9.59 Å². The Morgan fingerprint density at radius 2 is 1.88 bits per heavy atom. The quantitative estimate of drug-likeness (QED) is 0.356. The van der Waals surface area contributed by atoms with Crippen LogP contribution < -0.4 is 12.4 Å². The highest BCUT2D eigenvalue weighted by Crippen LogP contribution is 2.72. The summed E-state index contributed by atoms with van der Waals surface area (Å²) < 4.78 is 13.8. The van der Waals surface area contributed by atoms with Crippen molar-refractivity contribution in [1.29, 1.82) is 0 Å². The highest BCUT2D eigenvalue weighted by Gasteiger charge is 2.71. The van der Waals surface area contributed by atoms with Crippen molar-refractivity contribution in [1.82, 2.24) is 0 Å². The summed E-state index contributed by atoms with van der Waals surface area (Å²) in [6.07, 6.45) is 12.2. The van der Waals surface area contributed by atoms with Crippen molar-refractivity contribution < 1.29 is 36.0 Å². The second-order valence-corrected chi connectivity index (χ2v) is 11.5. The van der Waals surface area contributed by atoms with E-state index in [0.29, 0.717) is 29.8 Å². The number of esters is 2.